The fourth-order valence-electron chi connectivity index (χ4n) is 3.30. The maximum Gasteiger partial charge on any atom is 0.315 e. The number of nitrogens with zero attached hydrogens (tertiary/aromatic N) is 2. The van der Waals surface area contributed by atoms with Crippen LogP contribution in [0.25, 0.3) is 11.0 Å². The number of rotatable bonds is 6. The van der Waals surface area contributed by atoms with E-state index in [-0.39, 0.29) is 12.6 Å². The number of hydrogen-bond acceptors (Lipinski definition) is 3. The molecule has 0 aliphatic heterocycles. The number of hydrogen-bond donors (Lipinski definition) is 3. The topological polar surface area (TPSA) is 79.2 Å². The zero-order valence-electron chi connectivity index (χ0n) is 13.3. The fraction of sp³-hybridized carbons (Fsp3) is 0.529. The number of para-hydroxylation sites is 2. The van der Waals surface area contributed by atoms with Crippen LogP contribution in [0.3, 0.4) is 0 Å². The van der Waals surface area contributed by atoms with Gasteiger partial charge in [0.2, 0.25) is 0 Å². The van der Waals surface area contributed by atoms with Gasteiger partial charge in [-0.05, 0) is 31.4 Å². The van der Waals surface area contributed by atoms with Crippen LogP contribution in [0.4, 0.5) is 4.79 Å². The molecular formula is C17H24N4O2. The predicted molar refractivity (Wildman–Crippen MR) is 89.2 cm³/mol. The smallest absolute Gasteiger partial charge is 0.315 e. The molecule has 2 amide bonds. The van der Waals surface area contributed by atoms with Gasteiger partial charge >= 0.3 is 6.03 Å². The first-order valence-corrected chi connectivity index (χ1v) is 8.29. The highest BCUT2D eigenvalue weighted by atomic mass is 16.3. The SMILES string of the molecule is O=C(NCCCn1cnc2ccccc21)NC1(CO)CCCC1. The van der Waals surface area contributed by atoms with Gasteiger partial charge in [-0.1, -0.05) is 25.0 Å². The van der Waals surface area contributed by atoms with Gasteiger partial charge in [0.15, 0.2) is 0 Å². The fourth-order valence-corrected chi connectivity index (χ4v) is 3.30. The molecule has 0 spiro atoms. The average Bonchev–Trinajstić information content (AvgIpc) is 3.19. The van der Waals surface area contributed by atoms with E-state index in [1.807, 2.05) is 30.6 Å². The molecule has 0 bridgehead atoms. The van der Waals surface area contributed by atoms with E-state index in [1.165, 1.54) is 0 Å². The molecule has 1 heterocycles. The summed E-state index contributed by atoms with van der Waals surface area (Å²) in [6.07, 6.45) is 6.52. The van der Waals surface area contributed by atoms with E-state index >= 15 is 0 Å². The maximum atomic E-state index is 12.0. The van der Waals surface area contributed by atoms with Crippen molar-refractivity contribution in [3.8, 4) is 0 Å². The molecule has 124 valence electrons. The lowest BCUT2D eigenvalue weighted by atomic mass is 9.99. The van der Waals surface area contributed by atoms with Crippen molar-refractivity contribution < 1.29 is 9.90 Å². The molecule has 1 aliphatic carbocycles. The minimum Gasteiger partial charge on any atom is -0.394 e. The van der Waals surface area contributed by atoms with E-state index in [1.54, 1.807) is 0 Å². The van der Waals surface area contributed by atoms with Crippen LogP contribution >= 0.6 is 0 Å². The lowest BCUT2D eigenvalue weighted by Crippen LogP contribution is -2.53. The number of aryl methyl sites for hydroxylation is 1. The van der Waals surface area contributed by atoms with E-state index < -0.39 is 5.54 Å². The molecule has 1 saturated carbocycles. The van der Waals surface area contributed by atoms with Gasteiger partial charge in [0, 0.05) is 13.1 Å². The van der Waals surface area contributed by atoms with Crippen LogP contribution in [-0.2, 0) is 6.54 Å². The van der Waals surface area contributed by atoms with Crippen LogP contribution in [0.1, 0.15) is 32.1 Å². The van der Waals surface area contributed by atoms with Gasteiger partial charge in [0.25, 0.3) is 0 Å². The number of aliphatic hydroxyl groups is 1. The summed E-state index contributed by atoms with van der Waals surface area (Å²) in [5.41, 5.74) is 1.69. The van der Waals surface area contributed by atoms with Crippen molar-refractivity contribution in [2.75, 3.05) is 13.2 Å². The van der Waals surface area contributed by atoms with Crippen molar-refractivity contribution in [1.82, 2.24) is 20.2 Å². The van der Waals surface area contributed by atoms with Crippen molar-refractivity contribution in [2.24, 2.45) is 0 Å². The third kappa shape index (κ3) is 3.64. The minimum atomic E-state index is -0.412. The molecule has 0 radical (unpaired) electrons. The Hall–Kier alpha value is -2.08. The number of benzene rings is 1. The molecule has 1 aromatic carbocycles. The molecule has 6 nitrogen and oxygen atoms in total. The molecule has 0 unspecified atom stereocenters. The second-order valence-corrected chi connectivity index (χ2v) is 6.31. The normalized spacial score (nSPS) is 16.6. The van der Waals surface area contributed by atoms with Gasteiger partial charge in [-0.2, -0.15) is 0 Å². The summed E-state index contributed by atoms with van der Waals surface area (Å²) in [6.45, 7) is 1.42. The Morgan fingerprint density at radius 1 is 1.30 bits per heavy atom. The second-order valence-electron chi connectivity index (χ2n) is 6.31. The Morgan fingerprint density at radius 3 is 2.87 bits per heavy atom. The summed E-state index contributed by atoms with van der Waals surface area (Å²) in [7, 11) is 0. The van der Waals surface area contributed by atoms with E-state index in [0.717, 1.165) is 49.7 Å². The zero-order valence-corrected chi connectivity index (χ0v) is 13.3. The molecule has 23 heavy (non-hydrogen) atoms. The predicted octanol–water partition coefficient (Wildman–Crippen LogP) is 2.03. The quantitative estimate of drug-likeness (QED) is 0.714. The lowest BCUT2D eigenvalue weighted by Gasteiger charge is -2.27. The Bertz CT molecular complexity index is 661. The number of urea groups is 1. The van der Waals surface area contributed by atoms with Gasteiger partial charge < -0.3 is 20.3 Å². The summed E-state index contributed by atoms with van der Waals surface area (Å²) >= 11 is 0. The van der Waals surface area contributed by atoms with Crippen LogP contribution in [0, 0.1) is 0 Å². The van der Waals surface area contributed by atoms with Gasteiger partial charge in [0.1, 0.15) is 0 Å². The van der Waals surface area contributed by atoms with Crippen LogP contribution in [0.2, 0.25) is 0 Å². The Morgan fingerprint density at radius 2 is 2.09 bits per heavy atom. The third-order valence-corrected chi connectivity index (χ3v) is 4.63. The summed E-state index contributed by atoms with van der Waals surface area (Å²) in [5.74, 6) is 0. The van der Waals surface area contributed by atoms with Gasteiger partial charge in [-0.15, -0.1) is 0 Å². The Balaban J connectivity index is 1.43. The number of carbonyl (C=O) groups excluding carboxylic acids is 1. The molecular weight excluding hydrogens is 292 g/mol. The molecule has 3 N–H and O–H groups in total. The highest BCUT2D eigenvalue weighted by Crippen LogP contribution is 2.28. The Kier molecular flexibility index (Phi) is 4.81. The average molecular weight is 316 g/mol. The monoisotopic (exact) mass is 316 g/mol. The van der Waals surface area contributed by atoms with Crippen LogP contribution in [0.5, 0.6) is 0 Å². The summed E-state index contributed by atoms with van der Waals surface area (Å²) in [5, 5.41) is 15.3. The Labute approximate surface area is 135 Å². The van der Waals surface area contributed by atoms with E-state index in [2.05, 4.69) is 20.2 Å². The van der Waals surface area contributed by atoms with Crippen molar-refractivity contribution in [2.45, 2.75) is 44.2 Å². The number of nitrogens with one attached hydrogen (secondary N) is 2. The van der Waals surface area contributed by atoms with Crippen LogP contribution in [0.15, 0.2) is 30.6 Å². The molecule has 0 atom stereocenters. The first-order valence-electron chi connectivity index (χ1n) is 8.29. The number of imidazole rings is 1. The number of aliphatic hydroxyl groups excluding tert-OH is 1. The van der Waals surface area contributed by atoms with Crippen LogP contribution in [-0.4, -0.2) is 39.4 Å². The largest absolute Gasteiger partial charge is 0.394 e. The summed E-state index contributed by atoms with van der Waals surface area (Å²) < 4.78 is 2.10. The highest BCUT2D eigenvalue weighted by Gasteiger charge is 2.34. The first kappa shape index (κ1) is 15.8. The van der Waals surface area contributed by atoms with Gasteiger partial charge in [-0.25, -0.2) is 9.78 Å². The lowest BCUT2D eigenvalue weighted by molar-refractivity contribution is 0.163. The van der Waals surface area contributed by atoms with Crippen molar-refractivity contribution in [1.29, 1.82) is 0 Å². The molecule has 1 aromatic heterocycles. The van der Waals surface area contributed by atoms with E-state index in [9.17, 15) is 9.90 Å². The standard InChI is InChI=1S/C17H24N4O2/c22-12-17(8-3-4-9-17)20-16(23)18-10-5-11-21-13-19-14-6-1-2-7-15(14)21/h1-2,6-7,13,22H,3-5,8-12H2,(H2,18,20,23). The molecule has 2 aromatic rings. The van der Waals surface area contributed by atoms with Gasteiger partial charge in [-0.3, -0.25) is 0 Å². The van der Waals surface area contributed by atoms with E-state index in [0.29, 0.717) is 6.54 Å². The van der Waals surface area contributed by atoms with Gasteiger partial charge in [0.05, 0.1) is 29.5 Å². The summed E-state index contributed by atoms with van der Waals surface area (Å²) in [6, 6.07) is 7.84. The van der Waals surface area contributed by atoms with Crippen molar-refractivity contribution in [3.63, 3.8) is 0 Å². The molecule has 3 rings (SSSR count). The minimum absolute atomic E-state index is 0.0153. The second kappa shape index (κ2) is 7.00. The maximum absolute atomic E-state index is 12.0. The van der Waals surface area contributed by atoms with E-state index in [4.69, 9.17) is 0 Å². The molecule has 1 aliphatic rings. The third-order valence-electron chi connectivity index (χ3n) is 4.63. The van der Waals surface area contributed by atoms with Crippen LogP contribution < -0.4 is 10.6 Å². The first-order chi connectivity index (χ1) is 11.2. The van der Waals surface area contributed by atoms with Crippen molar-refractivity contribution in [3.05, 3.63) is 30.6 Å². The zero-order chi connectivity index (χ0) is 16.1. The molecule has 0 saturated heterocycles. The van der Waals surface area contributed by atoms with Crippen molar-refractivity contribution >= 4 is 17.1 Å². The number of fused-ring (bicyclic) bond motifs is 1. The number of aromatic nitrogens is 2. The highest BCUT2D eigenvalue weighted by molar-refractivity contribution is 5.75. The molecule has 1 fully saturated rings. The summed E-state index contributed by atoms with van der Waals surface area (Å²) in [4.78, 5) is 16.3. The molecule has 6 heteroatoms. The number of amides is 2. The number of carbonyl (C=O) groups is 1.